The molecular formula is C32H37ClF3N5O7S. The summed E-state index contributed by atoms with van der Waals surface area (Å²) in [6, 6.07) is 9.66. The van der Waals surface area contributed by atoms with Crippen LogP contribution >= 0.6 is 11.6 Å². The zero-order chi connectivity index (χ0) is 35.6. The second-order valence-electron chi connectivity index (χ2n) is 13.0. The number of alkyl halides is 3. The summed E-state index contributed by atoms with van der Waals surface area (Å²) in [5.41, 5.74) is -2.27. The number of pyridine rings is 1. The first-order valence-corrected chi connectivity index (χ1v) is 17.6. The summed E-state index contributed by atoms with van der Waals surface area (Å²) in [6.07, 6.45) is -0.425. The Bertz CT molecular complexity index is 1780. The minimum absolute atomic E-state index is 0.0829. The molecule has 3 heterocycles. The number of halogens is 4. The number of sulfonamides is 1. The van der Waals surface area contributed by atoms with E-state index >= 15 is 0 Å². The lowest BCUT2D eigenvalue weighted by Gasteiger charge is -2.28. The number of carbonyl (C=O) groups excluding carboxylic acids is 1. The van der Waals surface area contributed by atoms with Crippen molar-refractivity contribution in [2.75, 3.05) is 19.8 Å². The van der Waals surface area contributed by atoms with E-state index in [4.69, 9.17) is 21.1 Å². The number of nitrogens with one attached hydrogen (secondary N) is 1. The Hall–Kier alpha value is -4.05. The van der Waals surface area contributed by atoms with Gasteiger partial charge in [-0.15, -0.1) is 5.10 Å². The topological polar surface area (TPSA) is 153 Å². The summed E-state index contributed by atoms with van der Waals surface area (Å²) in [7, 11) is -4.28. The van der Waals surface area contributed by atoms with E-state index in [1.807, 2.05) is 18.6 Å². The zero-order valence-corrected chi connectivity index (χ0v) is 28.4. The standard InChI is InChI=1S/C32H37ClF3N5O7S/c1-30(2)19-21(20-40(30)29(43)44)5-3-4-17-47-22-6-8-23(9-7-22)49(45,46)39-28(42)24-10-11-25(37-27(24)33)41-16-12-26(38-41)48-18-15-31(13-14-31)32(34,35)36/h6-12,16,21H,3-5,13-15,17-20H2,1-2H3,(H,39,42)(H,43,44). The number of ether oxygens (including phenoxy) is 2. The Morgan fingerprint density at radius 1 is 1.06 bits per heavy atom. The molecule has 2 N–H and O–H groups in total. The first-order chi connectivity index (χ1) is 23.0. The third-order valence-electron chi connectivity index (χ3n) is 8.99. The Kier molecular flexibility index (Phi) is 10.4. The van der Waals surface area contributed by atoms with Gasteiger partial charge in [0.15, 0.2) is 5.82 Å². The van der Waals surface area contributed by atoms with Crippen molar-refractivity contribution in [2.24, 2.45) is 11.3 Å². The number of unbranched alkanes of at least 4 members (excludes halogenated alkanes) is 1. The fourth-order valence-corrected chi connectivity index (χ4v) is 7.21. The van der Waals surface area contributed by atoms with Gasteiger partial charge in [-0.1, -0.05) is 11.6 Å². The molecule has 2 aliphatic rings. The Morgan fingerprint density at radius 3 is 2.39 bits per heavy atom. The maximum atomic E-state index is 13.1. The van der Waals surface area contributed by atoms with Crippen molar-refractivity contribution in [3.05, 3.63) is 59.4 Å². The molecule has 0 bridgehead atoms. The molecule has 2 aromatic heterocycles. The molecule has 0 spiro atoms. The summed E-state index contributed by atoms with van der Waals surface area (Å²) < 4.78 is 79.5. The molecule has 2 fully saturated rings. The summed E-state index contributed by atoms with van der Waals surface area (Å²) in [5, 5.41) is 13.2. The maximum Gasteiger partial charge on any atom is 0.407 e. The van der Waals surface area contributed by atoms with Crippen LogP contribution in [0.25, 0.3) is 5.82 Å². The number of hydrogen-bond donors (Lipinski definition) is 2. The molecule has 17 heteroatoms. The summed E-state index contributed by atoms with van der Waals surface area (Å²) >= 11 is 6.21. The monoisotopic (exact) mass is 727 g/mol. The van der Waals surface area contributed by atoms with Gasteiger partial charge in [-0.3, -0.25) is 4.79 Å². The zero-order valence-electron chi connectivity index (χ0n) is 26.9. The van der Waals surface area contributed by atoms with Crippen LogP contribution in [0.3, 0.4) is 0 Å². The van der Waals surface area contributed by atoms with Gasteiger partial charge < -0.3 is 19.5 Å². The number of hydrogen-bond acceptors (Lipinski definition) is 8. The first-order valence-electron chi connectivity index (χ1n) is 15.7. The fraction of sp³-hybridized carbons (Fsp3) is 0.500. The third-order valence-corrected chi connectivity index (χ3v) is 10.6. The molecular weight excluding hydrogens is 691 g/mol. The smallest absolute Gasteiger partial charge is 0.407 e. The van der Waals surface area contributed by atoms with Gasteiger partial charge in [-0.2, -0.15) is 13.2 Å². The number of nitrogens with zero attached hydrogens (tertiary/aromatic N) is 4. The number of carbonyl (C=O) groups is 2. The summed E-state index contributed by atoms with van der Waals surface area (Å²) in [6.45, 7) is 4.63. The summed E-state index contributed by atoms with van der Waals surface area (Å²) in [5.74, 6) is -0.0174. The van der Waals surface area contributed by atoms with Gasteiger partial charge in [0.05, 0.1) is 29.1 Å². The molecule has 3 aromatic rings. The van der Waals surface area contributed by atoms with Crippen molar-refractivity contribution >= 4 is 33.6 Å². The van der Waals surface area contributed by atoms with E-state index in [1.165, 1.54) is 58.2 Å². The molecule has 1 unspecified atom stereocenters. The molecule has 1 aliphatic heterocycles. The molecule has 1 saturated heterocycles. The Morgan fingerprint density at radius 2 is 1.78 bits per heavy atom. The van der Waals surface area contributed by atoms with Gasteiger partial charge in [0.1, 0.15) is 10.9 Å². The van der Waals surface area contributed by atoms with E-state index in [0.29, 0.717) is 24.8 Å². The van der Waals surface area contributed by atoms with Crippen molar-refractivity contribution < 1.29 is 45.8 Å². The normalized spacial score (nSPS) is 18.2. The average molecular weight is 728 g/mol. The van der Waals surface area contributed by atoms with Gasteiger partial charge in [0.2, 0.25) is 5.88 Å². The summed E-state index contributed by atoms with van der Waals surface area (Å²) in [4.78, 5) is 29.7. The second kappa shape index (κ2) is 14.1. The van der Waals surface area contributed by atoms with Crippen LogP contribution in [0, 0.1) is 11.3 Å². The van der Waals surface area contributed by atoms with Crippen LogP contribution in [-0.4, -0.2) is 76.7 Å². The minimum Gasteiger partial charge on any atom is -0.494 e. The maximum absolute atomic E-state index is 13.1. The number of likely N-dealkylation sites (tertiary alicyclic amines) is 1. The van der Waals surface area contributed by atoms with Crippen LogP contribution in [0.15, 0.2) is 53.6 Å². The van der Waals surface area contributed by atoms with Gasteiger partial charge >= 0.3 is 12.3 Å². The van der Waals surface area contributed by atoms with E-state index < -0.39 is 33.6 Å². The number of benzene rings is 1. The van der Waals surface area contributed by atoms with Crippen LogP contribution < -0.4 is 14.2 Å². The van der Waals surface area contributed by atoms with Crippen molar-refractivity contribution in [1.29, 1.82) is 0 Å². The highest BCUT2D eigenvalue weighted by molar-refractivity contribution is 7.90. The highest BCUT2D eigenvalue weighted by Gasteiger charge is 2.62. The Labute approximate surface area is 286 Å². The van der Waals surface area contributed by atoms with Gasteiger partial charge in [0.25, 0.3) is 15.9 Å². The Balaban J connectivity index is 1.08. The molecule has 0 radical (unpaired) electrons. The van der Waals surface area contributed by atoms with Crippen LogP contribution in [0.4, 0.5) is 18.0 Å². The highest BCUT2D eigenvalue weighted by atomic mass is 35.5. The molecule has 5 rings (SSSR count). The lowest BCUT2D eigenvalue weighted by atomic mass is 9.93. The lowest BCUT2D eigenvalue weighted by Crippen LogP contribution is -2.41. The molecule has 1 aromatic carbocycles. The van der Waals surface area contributed by atoms with Crippen molar-refractivity contribution in [2.45, 2.75) is 75.4 Å². The van der Waals surface area contributed by atoms with Crippen LogP contribution in [-0.2, 0) is 10.0 Å². The molecule has 266 valence electrons. The quantitative estimate of drug-likeness (QED) is 0.140. The SMILES string of the molecule is CC1(C)CC(CCCCOc2ccc(S(=O)(=O)NC(=O)c3ccc(-n4ccc(OCCC5(C(F)(F)F)CC5)n4)nc3Cl)cc2)CN1C(=O)O. The van der Waals surface area contributed by atoms with E-state index in [1.54, 1.807) is 0 Å². The van der Waals surface area contributed by atoms with E-state index in [2.05, 4.69) is 10.1 Å². The highest BCUT2D eigenvalue weighted by Crippen LogP contribution is 2.59. The molecule has 49 heavy (non-hydrogen) atoms. The molecule has 2 amide bonds. The van der Waals surface area contributed by atoms with Crippen molar-refractivity contribution in [3.63, 3.8) is 0 Å². The molecule has 1 saturated carbocycles. The fourth-order valence-electron chi connectivity index (χ4n) is 6.00. The average Bonchev–Trinajstić information content (AvgIpc) is 3.56. The van der Waals surface area contributed by atoms with E-state index in [-0.39, 0.29) is 58.7 Å². The van der Waals surface area contributed by atoms with Gasteiger partial charge in [-0.05, 0) is 101 Å². The number of amides is 2. The van der Waals surface area contributed by atoms with E-state index in [9.17, 15) is 36.3 Å². The van der Waals surface area contributed by atoms with Crippen molar-refractivity contribution in [3.8, 4) is 17.4 Å². The largest absolute Gasteiger partial charge is 0.494 e. The predicted octanol–water partition coefficient (Wildman–Crippen LogP) is 6.48. The molecule has 1 atom stereocenters. The number of rotatable bonds is 14. The van der Waals surface area contributed by atoms with Crippen LogP contribution in [0.2, 0.25) is 5.15 Å². The molecule has 12 nitrogen and oxygen atoms in total. The molecule has 1 aliphatic carbocycles. The van der Waals surface area contributed by atoms with Gasteiger partial charge in [0, 0.05) is 24.3 Å². The second-order valence-corrected chi connectivity index (χ2v) is 15.0. The number of aromatic nitrogens is 3. The van der Waals surface area contributed by atoms with Crippen molar-refractivity contribution in [1.82, 2.24) is 24.4 Å². The third kappa shape index (κ3) is 8.58. The predicted molar refractivity (Wildman–Crippen MR) is 172 cm³/mol. The van der Waals surface area contributed by atoms with E-state index in [0.717, 1.165) is 25.7 Å². The first kappa shape index (κ1) is 36.2. The van der Waals surface area contributed by atoms with Crippen LogP contribution in [0.1, 0.15) is 69.2 Å². The van der Waals surface area contributed by atoms with Crippen LogP contribution in [0.5, 0.6) is 11.6 Å². The van der Waals surface area contributed by atoms with Gasteiger partial charge in [-0.25, -0.2) is 27.6 Å². The minimum atomic E-state index is -4.28. The number of carboxylic acid groups (broad SMARTS) is 1. The lowest BCUT2D eigenvalue weighted by molar-refractivity contribution is -0.190.